The second-order valence-electron chi connectivity index (χ2n) is 8.02. The molecule has 2 aromatic heterocycles. The number of rotatable bonds is 7. The highest BCUT2D eigenvalue weighted by molar-refractivity contribution is 7.18. The number of aromatic nitrogens is 4. The molecule has 4 aromatic rings. The molecule has 5 rings (SSSR count). The van der Waals surface area contributed by atoms with Gasteiger partial charge in [0.2, 0.25) is 5.13 Å². The van der Waals surface area contributed by atoms with Gasteiger partial charge in [-0.15, -0.1) is 10.2 Å². The van der Waals surface area contributed by atoms with Crippen molar-refractivity contribution in [2.75, 3.05) is 11.9 Å². The number of nitrogens with zero attached hydrogens (tertiary/aromatic N) is 6. The fourth-order valence-electron chi connectivity index (χ4n) is 3.80. The quantitative estimate of drug-likeness (QED) is 0.380. The Morgan fingerprint density at radius 2 is 2.12 bits per heavy atom. The number of halogens is 1. The summed E-state index contributed by atoms with van der Waals surface area (Å²) in [6.45, 7) is 2.89. The molecule has 0 unspecified atom stereocenters. The second-order valence-corrected chi connectivity index (χ2v) is 9.36. The predicted octanol–water partition coefficient (Wildman–Crippen LogP) is 4.88. The van der Waals surface area contributed by atoms with Crippen LogP contribution in [0.15, 0.2) is 53.8 Å². The maximum Gasteiger partial charge on any atom is 0.212 e. The van der Waals surface area contributed by atoms with Crippen LogP contribution in [-0.2, 0) is 24.3 Å². The van der Waals surface area contributed by atoms with E-state index in [2.05, 4.69) is 20.3 Å². The third-order valence-corrected chi connectivity index (χ3v) is 6.92. The minimum absolute atomic E-state index is 0.0997. The Morgan fingerprint density at radius 1 is 1.24 bits per heavy atom. The van der Waals surface area contributed by atoms with Gasteiger partial charge in [0.25, 0.3) is 0 Å². The average Bonchev–Trinajstić information content (AvgIpc) is 3.55. The van der Waals surface area contributed by atoms with E-state index < -0.39 is 0 Å². The van der Waals surface area contributed by atoms with E-state index in [1.54, 1.807) is 10.9 Å². The molecule has 9 heteroatoms. The molecular weight excluding hydrogens is 456 g/mol. The molecule has 0 saturated heterocycles. The number of carbonyl (C=O) groups is 1. The summed E-state index contributed by atoms with van der Waals surface area (Å²) in [4.78, 5) is 18.7. The topological polar surface area (TPSA) is 76.3 Å². The van der Waals surface area contributed by atoms with Gasteiger partial charge < -0.3 is 4.90 Å². The number of anilines is 2. The van der Waals surface area contributed by atoms with Crippen molar-refractivity contribution in [1.29, 1.82) is 0 Å². The predicted molar refractivity (Wildman–Crippen MR) is 132 cm³/mol. The van der Waals surface area contributed by atoms with Gasteiger partial charge in [0.15, 0.2) is 5.78 Å². The van der Waals surface area contributed by atoms with Crippen molar-refractivity contribution < 1.29 is 4.79 Å². The van der Waals surface area contributed by atoms with Crippen molar-refractivity contribution in [2.24, 2.45) is 4.99 Å². The molecule has 3 heterocycles. The lowest BCUT2D eigenvalue weighted by Crippen LogP contribution is -2.12. The van der Waals surface area contributed by atoms with E-state index in [-0.39, 0.29) is 12.3 Å². The second kappa shape index (κ2) is 8.88. The summed E-state index contributed by atoms with van der Waals surface area (Å²) in [7, 11) is 1.93. The molecule has 0 bridgehead atoms. The van der Waals surface area contributed by atoms with Gasteiger partial charge in [0.1, 0.15) is 5.01 Å². The van der Waals surface area contributed by atoms with E-state index in [1.807, 2.05) is 67.7 Å². The fraction of sp³-hybridized carbons (Fsp3) is 0.208. The standard InChI is InChI=1S/C24H21ClN6OS/c1-15-10-27-31(13-15)14-19(32)9-16-4-3-5-17(8-16)23-28-29-24(33-23)30(2)21-7-6-18-11-26-12-20(18)22(21)25/h3-8,10,12-13H,9,11,14H2,1-2H3. The van der Waals surface area contributed by atoms with E-state index in [0.717, 1.165) is 43.6 Å². The maximum absolute atomic E-state index is 12.5. The van der Waals surface area contributed by atoms with Crippen molar-refractivity contribution in [3.63, 3.8) is 0 Å². The number of Topliss-reactive ketones (excluding diaryl/α,β-unsaturated/α-hetero) is 1. The van der Waals surface area contributed by atoms with Crippen LogP contribution in [0.1, 0.15) is 22.3 Å². The largest absolute Gasteiger partial charge is 0.318 e. The Hall–Kier alpha value is -3.36. The third-order valence-electron chi connectivity index (χ3n) is 5.47. The number of aliphatic imine (C=N–C) groups is 1. The number of hydrogen-bond acceptors (Lipinski definition) is 7. The van der Waals surface area contributed by atoms with Gasteiger partial charge in [0, 0.05) is 37.0 Å². The lowest BCUT2D eigenvalue weighted by atomic mass is 10.1. The van der Waals surface area contributed by atoms with Crippen LogP contribution >= 0.6 is 22.9 Å². The first-order valence-corrected chi connectivity index (χ1v) is 11.7. The zero-order valence-electron chi connectivity index (χ0n) is 18.2. The van der Waals surface area contributed by atoms with Gasteiger partial charge in [-0.05, 0) is 35.7 Å². The van der Waals surface area contributed by atoms with E-state index in [1.165, 1.54) is 11.3 Å². The molecule has 0 aliphatic carbocycles. The van der Waals surface area contributed by atoms with Gasteiger partial charge in [-0.2, -0.15) is 5.10 Å². The highest BCUT2D eigenvalue weighted by Gasteiger charge is 2.19. The fourth-order valence-corrected chi connectivity index (χ4v) is 4.97. The highest BCUT2D eigenvalue weighted by atomic mass is 35.5. The van der Waals surface area contributed by atoms with Crippen LogP contribution in [0.5, 0.6) is 0 Å². The molecule has 0 N–H and O–H groups in total. The van der Waals surface area contributed by atoms with Crippen LogP contribution in [0.3, 0.4) is 0 Å². The SMILES string of the molecule is Cc1cnn(CC(=O)Cc2cccc(-c3nnc(N(C)c4ccc5c(c4Cl)C=NC5)s3)c2)c1. The maximum atomic E-state index is 12.5. The summed E-state index contributed by atoms with van der Waals surface area (Å²) < 4.78 is 1.67. The van der Waals surface area contributed by atoms with E-state index in [0.29, 0.717) is 18.0 Å². The van der Waals surface area contributed by atoms with Crippen molar-refractivity contribution in [3.05, 3.63) is 76.1 Å². The van der Waals surface area contributed by atoms with Crippen molar-refractivity contribution in [1.82, 2.24) is 20.0 Å². The molecule has 2 aromatic carbocycles. The molecule has 0 radical (unpaired) electrons. The normalized spacial score (nSPS) is 12.2. The molecule has 0 saturated carbocycles. The van der Waals surface area contributed by atoms with Gasteiger partial charge in [-0.1, -0.05) is 47.2 Å². The summed E-state index contributed by atoms with van der Waals surface area (Å²) in [5.74, 6) is 0.0997. The Kier molecular flexibility index (Phi) is 5.78. The average molecular weight is 477 g/mol. The zero-order chi connectivity index (χ0) is 22.9. The molecule has 1 aliphatic heterocycles. The molecular formula is C24H21ClN6OS. The van der Waals surface area contributed by atoms with Crippen LogP contribution in [-0.4, -0.2) is 39.0 Å². The number of carbonyl (C=O) groups excluding carboxylic acids is 1. The number of aryl methyl sites for hydroxylation is 1. The van der Waals surface area contributed by atoms with Crippen LogP contribution < -0.4 is 4.90 Å². The van der Waals surface area contributed by atoms with Gasteiger partial charge in [-0.25, -0.2) is 0 Å². The van der Waals surface area contributed by atoms with Crippen molar-refractivity contribution in [3.8, 4) is 10.6 Å². The number of fused-ring (bicyclic) bond motifs is 1. The Bertz CT molecular complexity index is 1380. The van der Waals surface area contributed by atoms with Crippen LogP contribution in [0.4, 0.5) is 10.8 Å². The van der Waals surface area contributed by atoms with Gasteiger partial charge >= 0.3 is 0 Å². The molecule has 0 fully saturated rings. The lowest BCUT2D eigenvalue weighted by molar-refractivity contribution is -0.119. The first-order chi connectivity index (χ1) is 16.0. The summed E-state index contributed by atoms with van der Waals surface area (Å²) in [6, 6.07) is 11.9. The summed E-state index contributed by atoms with van der Waals surface area (Å²) in [5, 5.41) is 15.1. The smallest absolute Gasteiger partial charge is 0.212 e. The van der Waals surface area contributed by atoms with E-state index >= 15 is 0 Å². The Labute approximate surface area is 200 Å². The van der Waals surface area contributed by atoms with Gasteiger partial charge in [0.05, 0.1) is 30.0 Å². The zero-order valence-corrected chi connectivity index (χ0v) is 19.8. The molecule has 33 heavy (non-hydrogen) atoms. The molecule has 7 nitrogen and oxygen atoms in total. The van der Waals surface area contributed by atoms with Crippen molar-refractivity contribution >= 4 is 45.8 Å². The first kappa shape index (κ1) is 21.5. The van der Waals surface area contributed by atoms with Gasteiger partial charge in [-0.3, -0.25) is 14.5 Å². The summed E-state index contributed by atoms with van der Waals surface area (Å²) in [6.07, 6.45) is 5.78. The summed E-state index contributed by atoms with van der Waals surface area (Å²) in [5.41, 5.74) is 5.86. The number of benzene rings is 2. The highest BCUT2D eigenvalue weighted by Crippen LogP contribution is 2.38. The number of hydrogen-bond donors (Lipinski definition) is 0. The Morgan fingerprint density at radius 3 is 2.94 bits per heavy atom. The Balaban J connectivity index is 1.33. The summed E-state index contributed by atoms with van der Waals surface area (Å²) >= 11 is 8.11. The third kappa shape index (κ3) is 4.44. The van der Waals surface area contributed by atoms with Crippen molar-refractivity contribution in [2.45, 2.75) is 26.4 Å². The van der Waals surface area contributed by atoms with Crippen LogP contribution in [0.25, 0.3) is 10.6 Å². The number of ketones is 1. The molecule has 1 aliphatic rings. The van der Waals surface area contributed by atoms with Crippen LogP contribution in [0, 0.1) is 6.92 Å². The molecule has 0 spiro atoms. The first-order valence-electron chi connectivity index (χ1n) is 10.5. The molecule has 166 valence electrons. The molecule has 0 amide bonds. The molecule has 0 atom stereocenters. The van der Waals surface area contributed by atoms with Crippen LogP contribution in [0.2, 0.25) is 5.02 Å². The minimum atomic E-state index is 0.0997. The lowest BCUT2D eigenvalue weighted by Gasteiger charge is -2.18. The van der Waals surface area contributed by atoms with E-state index in [9.17, 15) is 4.79 Å². The minimum Gasteiger partial charge on any atom is -0.318 e. The van der Waals surface area contributed by atoms with E-state index in [4.69, 9.17) is 11.6 Å². The monoisotopic (exact) mass is 476 g/mol.